The first-order valence-electron chi connectivity index (χ1n) is 6.65. The second-order valence-electron chi connectivity index (χ2n) is 6.00. The van der Waals surface area contributed by atoms with Crippen LogP contribution in [0.2, 0.25) is 0 Å². The Hall–Kier alpha value is 0.170. The molecular formula is C13H27ClN2O. The van der Waals surface area contributed by atoms with E-state index < -0.39 is 0 Å². The van der Waals surface area contributed by atoms with E-state index in [0.717, 1.165) is 25.5 Å². The molecule has 2 fully saturated rings. The average molecular weight is 263 g/mol. The lowest BCUT2D eigenvalue weighted by Crippen LogP contribution is -2.54. The molecule has 0 bridgehead atoms. The number of hydrogen-bond donors (Lipinski definition) is 1. The Morgan fingerprint density at radius 1 is 1.47 bits per heavy atom. The highest BCUT2D eigenvalue weighted by molar-refractivity contribution is 5.85. The maximum atomic E-state index is 5.99. The van der Waals surface area contributed by atoms with Gasteiger partial charge in [0.1, 0.15) is 5.72 Å². The smallest absolute Gasteiger partial charge is 0.116 e. The van der Waals surface area contributed by atoms with Gasteiger partial charge in [0, 0.05) is 13.1 Å². The SMILES string of the molecule is CC1CNC(C)(CC2CCCN(C)C2)OC1.Cl. The van der Waals surface area contributed by atoms with Crippen LogP contribution in [0.25, 0.3) is 0 Å². The standard InChI is InChI=1S/C13H26N2O.ClH/c1-11-8-14-13(2,16-10-11)7-12-5-4-6-15(3)9-12;/h11-12,14H,4-10H2,1-3H3;1H. The quantitative estimate of drug-likeness (QED) is 0.825. The minimum absolute atomic E-state index is 0. The molecule has 3 atom stereocenters. The minimum Gasteiger partial charge on any atom is -0.361 e. The molecular weight excluding hydrogens is 236 g/mol. The van der Waals surface area contributed by atoms with Gasteiger partial charge in [0.25, 0.3) is 0 Å². The van der Waals surface area contributed by atoms with Crippen molar-refractivity contribution in [2.75, 3.05) is 33.3 Å². The summed E-state index contributed by atoms with van der Waals surface area (Å²) in [5.74, 6) is 1.45. The summed E-state index contributed by atoms with van der Waals surface area (Å²) >= 11 is 0. The molecule has 0 radical (unpaired) electrons. The zero-order valence-electron chi connectivity index (χ0n) is 11.4. The number of piperidine rings is 1. The zero-order valence-corrected chi connectivity index (χ0v) is 12.2. The van der Waals surface area contributed by atoms with E-state index in [-0.39, 0.29) is 18.1 Å². The molecule has 0 aromatic heterocycles. The largest absolute Gasteiger partial charge is 0.361 e. The van der Waals surface area contributed by atoms with Crippen molar-refractivity contribution in [3.05, 3.63) is 0 Å². The molecule has 0 aromatic rings. The van der Waals surface area contributed by atoms with E-state index >= 15 is 0 Å². The van der Waals surface area contributed by atoms with Crippen LogP contribution in [-0.4, -0.2) is 43.9 Å². The Labute approximate surface area is 112 Å². The molecule has 1 N–H and O–H groups in total. The Kier molecular flexibility index (Phi) is 5.71. The van der Waals surface area contributed by atoms with Crippen LogP contribution in [0.5, 0.6) is 0 Å². The second-order valence-corrected chi connectivity index (χ2v) is 6.00. The topological polar surface area (TPSA) is 24.5 Å². The molecule has 2 heterocycles. The maximum absolute atomic E-state index is 5.99. The fourth-order valence-electron chi connectivity index (χ4n) is 2.95. The number of likely N-dealkylation sites (tertiary alicyclic amines) is 1. The van der Waals surface area contributed by atoms with Crippen LogP contribution >= 0.6 is 12.4 Å². The Balaban J connectivity index is 0.00000144. The third-order valence-electron chi connectivity index (χ3n) is 3.91. The summed E-state index contributed by atoms with van der Waals surface area (Å²) in [5, 5.41) is 3.57. The molecule has 0 spiro atoms. The monoisotopic (exact) mass is 262 g/mol. The van der Waals surface area contributed by atoms with Gasteiger partial charge < -0.3 is 9.64 Å². The van der Waals surface area contributed by atoms with Gasteiger partial charge in [0.2, 0.25) is 0 Å². The molecule has 2 aliphatic heterocycles. The summed E-state index contributed by atoms with van der Waals surface area (Å²) in [5.41, 5.74) is -0.0741. The molecule has 3 unspecified atom stereocenters. The van der Waals surface area contributed by atoms with Crippen LogP contribution in [0.3, 0.4) is 0 Å². The summed E-state index contributed by atoms with van der Waals surface area (Å²) in [6.45, 7) is 8.95. The first-order valence-corrected chi connectivity index (χ1v) is 6.65. The Bertz CT molecular complexity index is 229. The number of nitrogens with zero attached hydrogens (tertiary/aromatic N) is 1. The lowest BCUT2D eigenvalue weighted by molar-refractivity contribution is -0.116. The molecule has 102 valence electrons. The van der Waals surface area contributed by atoms with Crippen LogP contribution in [0, 0.1) is 11.8 Å². The molecule has 17 heavy (non-hydrogen) atoms. The zero-order chi connectivity index (χ0) is 11.6. The van der Waals surface area contributed by atoms with Gasteiger partial charge in [-0.2, -0.15) is 0 Å². The van der Waals surface area contributed by atoms with E-state index in [1.165, 1.54) is 25.9 Å². The van der Waals surface area contributed by atoms with Crippen LogP contribution in [0.1, 0.15) is 33.1 Å². The van der Waals surface area contributed by atoms with Gasteiger partial charge in [-0.3, -0.25) is 5.32 Å². The van der Waals surface area contributed by atoms with E-state index in [2.05, 4.69) is 31.1 Å². The number of nitrogens with one attached hydrogen (secondary N) is 1. The van der Waals surface area contributed by atoms with Crippen molar-refractivity contribution in [3.8, 4) is 0 Å². The molecule has 0 amide bonds. The van der Waals surface area contributed by atoms with Crippen molar-refractivity contribution < 1.29 is 4.74 Å². The molecule has 2 saturated heterocycles. The van der Waals surface area contributed by atoms with Crippen LogP contribution in [0.4, 0.5) is 0 Å². The van der Waals surface area contributed by atoms with Gasteiger partial charge in [-0.1, -0.05) is 6.92 Å². The summed E-state index contributed by atoms with van der Waals surface area (Å²) in [6.07, 6.45) is 3.86. The number of ether oxygens (including phenoxy) is 1. The van der Waals surface area contributed by atoms with Crippen LogP contribution < -0.4 is 5.32 Å². The first kappa shape index (κ1) is 15.2. The van der Waals surface area contributed by atoms with Gasteiger partial charge in [0.05, 0.1) is 6.61 Å². The second kappa shape index (κ2) is 6.37. The Morgan fingerprint density at radius 3 is 2.82 bits per heavy atom. The maximum Gasteiger partial charge on any atom is 0.116 e. The van der Waals surface area contributed by atoms with Gasteiger partial charge >= 0.3 is 0 Å². The number of rotatable bonds is 2. The third kappa shape index (κ3) is 4.40. The van der Waals surface area contributed by atoms with Crippen molar-refractivity contribution in [3.63, 3.8) is 0 Å². The van der Waals surface area contributed by atoms with Crippen LogP contribution in [0.15, 0.2) is 0 Å². The highest BCUT2D eigenvalue weighted by Crippen LogP contribution is 2.28. The molecule has 4 heteroatoms. The number of hydrogen-bond acceptors (Lipinski definition) is 3. The van der Waals surface area contributed by atoms with Crippen LogP contribution in [-0.2, 0) is 4.74 Å². The summed E-state index contributed by atoms with van der Waals surface area (Å²) in [7, 11) is 2.23. The first-order chi connectivity index (χ1) is 7.57. The predicted octanol–water partition coefficient (Wildman–Crippen LogP) is 2.11. The predicted molar refractivity (Wildman–Crippen MR) is 73.6 cm³/mol. The molecule has 0 saturated carbocycles. The van der Waals surface area contributed by atoms with Crippen molar-refractivity contribution in [2.24, 2.45) is 11.8 Å². The molecule has 2 rings (SSSR count). The van der Waals surface area contributed by atoms with E-state index in [9.17, 15) is 0 Å². The van der Waals surface area contributed by atoms with Gasteiger partial charge in [-0.25, -0.2) is 0 Å². The highest BCUT2D eigenvalue weighted by atomic mass is 35.5. The molecule has 2 aliphatic rings. The summed E-state index contributed by atoms with van der Waals surface area (Å²) in [4.78, 5) is 2.45. The Morgan fingerprint density at radius 2 is 2.24 bits per heavy atom. The lowest BCUT2D eigenvalue weighted by atomic mass is 9.89. The van der Waals surface area contributed by atoms with Gasteiger partial charge in [-0.05, 0) is 51.6 Å². The molecule has 0 aliphatic carbocycles. The van der Waals surface area contributed by atoms with E-state index in [1.54, 1.807) is 0 Å². The summed E-state index contributed by atoms with van der Waals surface area (Å²) < 4.78 is 5.99. The minimum atomic E-state index is -0.0741. The van der Waals surface area contributed by atoms with Crippen molar-refractivity contribution in [1.29, 1.82) is 0 Å². The normalized spacial score (nSPS) is 39.7. The third-order valence-corrected chi connectivity index (χ3v) is 3.91. The van der Waals surface area contributed by atoms with E-state index in [4.69, 9.17) is 4.74 Å². The van der Waals surface area contributed by atoms with Crippen molar-refractivity contribution in [1.82, 2.24) is 10.2 Å². The highest BCUT2D eigenvalue weighted by Gasteiger charge is 2.33. The van der Waals surface area contributed by atoms with Crippen molar-refractivity contribution >= 4 is 12.4 Å². The fourth-order valence-corrected chi connectivity index (χ4v) is 2.95. The molecule has 0 aromatic carbocycles. The van der Waals surface area contributed by atoms with Gasteiger partial charge in [-0.15, -0.1) is 12.4 Å². The van der Waals surface area contributed by atoms with Crippen molar-refractivity contribution in [2.45, 2.75) is 38.8 Å². The van der Waals surface area contributed by atoms with Gasteiger partial charge in [0.15, 0.2) is 0 Å². The van der Waals surface area contributed by atoms with E-state index in [0.29, 0.717) is 5.92 Å². The summed E-state index contributed by atoms with van der Waals surface area (Å²) in [6, 6.07) is 0. The molecule has 3 nitrogen and oxygen atoms in total. The lowest BCUT2D eigenvalue weighted by Gasteiger charge is -2.41. The number of halogens is 1. The van der Waals surface area contributed by atoms with E-state index in [1.807, 2.05) is 0 Å². The fraction of sp³-hybridized carbons (Fsp3) is 1.00. The average Bonchev–Trinajstić information content (AvgIpc) is 2.23.